The number of nitriles is 1. The first-order valence-corrected chi connectivity index (χ1v) is 9.09. The fraction of sp³-hybridized carbons (Fsp3) is 0.235. The number of aryl methyl sites for hydroxylation is 1. The van der Waals surface area contributed by atoms with Gasteiger partial charge in [-0.3, -0.25) is 18.5 Å². The Morgan fingerprint density at radius 3 is 2.70 bits per heavy atom. The quantitative estimate of drug-likeness (QED) is 0.530. The number of imidazole rings is 2. The topological polar surface area (TPSA) is 114 Å². The van der Waals surface area contributed by atoms with Crippen LogP contribution >= 0.6 is 11.8 Å². The van der Waals surface area contributed by atoms with Crippen molar-refractivity contribution >= 4 is 34.0 Å². The van der Waals surface area contributed by atoms with Gasteiger partial charge in [-0.2, -0.15) is 5.26 Å². The van der Waals surface area contributed by atoms with Crippen LogP contribution in [0.25, 0.3) is 22.2 Å². The summed E-state index contributed by atoms with van der Waals surface area (Å²) in [5, 5.41) is 9.67. The number of rotatable bonds is 4. The van der Waals surface area contributed by atoms with Crippen LogP contribution in [-0.4, -0.2) is 28.7 Å². The summed E-state index contributed by atoms with van der Waals surface area (Å²) in [5.74, 6) is 1.25. The van der Waals surface area contributed by atoms with Crippen LogP contribution in [-0.2, 0) is 26.4 Å². The van der Waals surface area contributed by atoms with Crippen molar-refractivity contribution in [3.63, 3.8) is 0 Å². The molecule has 4 rings (SSSR count). The largest absolute Gasteiger partial charge is 0.341 e. The fourth-order valence-corrected chi connectivity index (χ4v) is 3.83. The van der Waals surface area contributed by atoms with Gasteiger partial charge in [-0.1, -0.05) is 23.9 Å². The molecule has 9 nitrogen and oxygen atoms in total. The normalized spacial score (nSPS) is 11.3. The van der Waals surface area contributed by atoms with Gasteiger partial charge in [-0.05, 0) is 12.1 Å². The van der Waals surface area contributed by atoms with E-state index in [1.165, 1.54) is 23.4 Å². The third-order valence-electron chi connectivity index (χ3n) is 4.32. The van der Waals surface area contributed by atoms with Gasteiger partial charge in [0, 0.05) is 14.1 Å². The fourth-order valence-electron chi connectivity index (χ4n) is 2.96. The molecule has 0 atom stereocenters. The van der Waals surface area contributed by atoms with Gasteiger partial charge in [-0.25, -0.2) is 14.8 Å². The number of H-pyrrole nitrogens is 1. The number of nitrogens with zero attached hydrogens (tertiary/aromatic N) is 6. The van der Waals surface area contributed by atoms with E-state index in [1.54, 1.807) is 11.6 Å². The summed E-state index contributed by atoms with van der Waals surface area (Å²) in [6.07, 6.45) is 0. The first-order chi connectivity index (χ1) is 13.0. The average Bonchev–Trinajstić information content (AvgIpc) is 3.24. The van der Waals surface area contributed by atoms with Crippen LogP contribution in [0.15, 0.2) is 39.0 Å². The minimum atomic E-state index is -0.466. The van der Waals surface area contributed by atoms with Gasteiger partial charge < -0.3 is 4.98 Å². The number of hydrogen-bond donors (Lipinski definition) is 1. The van der Waals surface area contributed by atoms with Gasteiger partial charge in [0.05, 0.1) is 22.9 Å². The van der Waals surface area contributed by atoms with Crippen molar-refractivity contribution in [3.05, 3.63) is 50.9 Å². The van der Waals surface area contributed by atoms with E-state index in [1.807, 2.05) is 24.3 Å². The van der Waals surface area contributed by atoms with Crippen molar-refractivity contribution < 1.29 is 0 Å². The Morgan fingerprint density at radius 1 is 1.19 bits per heavy atom. The lowest BCUT2D eigenvalue weighted by Gasteiger charge is -2.05. The molecule has 0 fully saturated rings. The molecule has 0 saturated carbocycles. The van der Waals surface area contributed by atoms with Crippen molar-refractivity contribution in [2.75, 3.05) is 0 Å². The second-order valence-corrected chi connectivity index (χ2v) is 6.95. The molecule has 1 aromatic carbocycles. The summed E-state index contributed by atoms with van der Waals surface area (Å²) >= 11 is 1.35. The highest BCUT2D eigenvalue weighted by Gasteiger charge is 2.19. The zero-order valence-electron chi connectivity index (χ0n) is 14.6. The Balaban J connectivity index is 1.79. The average molecular weight is 381 g/mol. The standard InChI is InChI=1S/C17H15N7O2S/c1-22-14-13(15(25)23(2)17(22)26)24(8-7-18)16(21-14)27-9-12-19-10-5-3-4-6-11(10)20-12/h3-6H,8-9H2,1-2H3,(H,19,20). The number of hydrogen-bond acceptors (Lipinski definition) is 6. The molecule has 27 heavy (non-hydrogen) atoms. The summed E-state index contributed by atoms with van der Waals surface area (Å²) < 4.78 is 3.88. The summed E-state index contributed by atoms with van der Waals surface area (Å²) in [7, 11) is 2.97. The van der Waals surface area contributed by atoms with E-state index >= 15 is 0 Å². The van der Waals surface area contributed by atoms with Crippen molar-refractivity contribution in [3.8, 4) is 6.07 Å². The highest BCUT2D eigenvalue weighted by Crippen LogP contribution is 2.25. The minimum Gasteiger partial charge on any atom is -0.341 e. The molecule has 0 aliphatic heterocycles. The number of benzene rings is 1. The smallest absolute Gasteiger partial charge is 0.332 e. The number of aromatic nitrogens is 6. The first kappa shape index (κ1) is 17.1. The minimum absolute atomic E-state index is 0.0353. The molecule has 1 N–H and O–H groups in total. The van der Waals surface area contributed by atoms with Crippen LogP contribution in [0.1, 0.15) is 5.82 Å². The van der Waals surface area contributed by atoms with E-state index < -0.39 is 11.2 Å². The zero-order valence-corrected chi connectivity index (χ0v) is 15.4. The van der Waals surface area contributed by atoms with E-state index in [4.69, 9.17) is 0 Å². The molecular formula is C17H15N7O2S. The highest BCUT2D eigenvalue weighted by molar-refractivity contribution is 7.98. The molecule has 0 aliphatic carbocycles. The maximum atomic E-state index is 12.6. The van der Waals surface area contributed by atoms with Gasteiger partial charge in [0.15, 0.2) is 16.3 Å². The molecule has 136 valence electrons. The number of aromatic amines is 1. The molecule has 0 saturated heterocycles. The van der Waals surface area contributed by atoms with Crippen molar-refractivity contribution in [1.29, 1.82) is 5.26 Å². The first-order valence-electron chi connectivity index (χ1n) is 8.11. The lowest BCUT2D eigenvalue weighted by molar-refractivity contribution is 0.701. The third-order valence-corrected chi connectivity index (χ3v) is 5.31. The maximum Gasteiger partial charge on any atom is 0.332 e. The predicted molar refractivity (Wildman–Crippen MR) is 101 cm³/mol. The summed E-state index contributed by atoms with van der Waals surface area (Å²) in [6.45, 7) is -0.0353. The van der Waals surface area contributed by atoms with Crippen LogP contribution in [0, 0.1) is 11.3 Å². The molecular weight excluding hydrogens is 366 g/mol. The molecule has 0 amide bonds. The van der Waals surface area contributed by atoms with Crippen molar-refractivity contribution in [2.45, 2.75) is 17.5 Å². The maximum absolute atomic E-state index is 12.6. The Labute approximate surface area is 156 Å². The second-order valence-electron chi connectivity index (χ2n) is 6.01. The third kappa shape index (κ3) is 2.72. The monoisotopic (exact) mass is 381 g/mol. The van der Waals surface area contributed by atoms with Gasteiger partial charge in [-0.15, -0.1) is 0 Å². The number of para-hydroxylation sites is 2. The summed E-state index contributed by atoms with van der Waals surface area (Å²) in [5.41, 5.74) is 1.40. The van der Waals surface area contributed by atoms with Crippen LogP contribution in [0.2, 0.25) is 0 Å². The molecule has 3 aromatic heterocycles. The van der Waals surface area contributed by atoms with Gasteiger partial charge in [0.1, 0.15) is 12.4 Å². The Bertz CT molecular complexity index is 1300. The van der Waals surface area contributed by atoms with E-state index in [2.05, 4.69) is 21.0 Å². The van der Waals surface area contributed by atoms with E-state index in [0.29, 0.717) is 10.9 Å². The predicted octanol–water partition coefficient (Wildman–Crippen LogP) is 1.13. The van der Waals surface area contributed by atoms with Gasteiger partial charge in [0.2, 0.25) is 0 Å². The van der Waals surface area contributed by atoms with Crippen LogP contribution in [0.4, 0.5) is 0 Å². The number of thioether (sulfide) groups is 1. The van der Waals surface area contributed by atoms with Crippen molar-refractivity contribution in [2.24, 2.45) is 14.1 Å². The van der Waals surface area contributed by atoms with E-state index in [0.717, 1.165) is 21.4 Å². The van der Waals surface area contributed by atoms with Crippen LogP contribution in [0.3, 0.4) is 0 Å². The van der Waals surface area contributed by atoms with E-state index in [9.17, 15) is 14.9 Å². The molecule has 0 unspecified atom stereocenters. The highest BCUT2D eigenvalue weighted by atomic mass is 32.2. The van der Waals surface area contributed by atoms with E-state index in [-0.39, 0.29) is 17.7 Å². The summed E-state index contributed by atoms with van der Waals surface area (Å²) in [4.78, 5) is 36.9. The SMILES string of the molecule is Cn1c(=O)c2c(nc(SCc3nc4ccccc4[nH]3)n2CC#N)n(C)c1=O. The molecule has 0 radical (unpaired) electrons. The van der Waals surface area contributed by atoms with Crippen LogP contribution in [0.5, 0.6) is 0 Å². The van der Waals surface area contributed by atoms with Crippen molar-refractivity contribution in [1.82, 2.24) is 28.7 Å². The molecule has 0 spiro atoms. The Hall–Kier alpha value is -3.32. The number of fused-ring (bicyclic) bond motifs is 2. The molecule has 0 bridgehead atoms. The molecule has 4 aromatic rings. The Morgan fingerprint density at radius 2 is 1.96 bits per heavy atom. The van der Waals surface area contributed by atoms with Gasteiger partial charge >= 0.3 is 5.69 Å². The molecule has 10 heteroatoms. The second kappa shape index (κ2) is 6.44. The number of nitrogens with one attached hydrogen (secondary N) is 1. The summed E-state index contributed by atoms with van der Waals surface area (Å²) in [6, 6.07) is 9.77. The Kier molecular flexibility index (Phi) is 4.08. The van der Waals surface area contributed by atoms with Crippen LogP contribution < -0.4 is 11.2 Å². The lowest BCUT2D eigenvalue weighted by Crippen LogP contribution is -2.37. The van der Waals surface area contributed by atoms with Gasteiger partial charge in [0.25, 0.3) is 5.56 Å². The molecule has 0 aliphatic rings. The lowest BCUT2D eigenvalue weighted by atomic mass is 10.3. The zero-order chi connectivity index (χ0) is 19.1. The molecule has 3 heterocycles.